The second-order valence-corrected chi connectivity index (χ2v) is 4.76. The van der Waals surface area contributed by atoms with E-state index in [4.69, 9.17) is 0 Å². The lowest BCUT2D eigenvalue weighted by atomic mass is 10.1. The molecule has 0 spiro atoms. The third kappa shape index (κ3) is 2.25. The van der Waals surface area contributed by atoms with Crippen molar-refractivity contribution in [3.8, 4) is 5.75 Å². The Balaban J connectivity index is 2.75. The van der Waals surface area contributed by atoms with Crippen LogP contribution in [-0.4, -0.2) is 11.2 Å². The summed E-state index contributed by atoms with van der Waals surface area (Å²) in [4.78, 5) is 11.8. The van der Waals surface area contributed by atoms with E-state index < -0.39 is 6.61 Å². The first-order valence-electron chi connectivity index (χ1n) is 5.15. The van der Waals surface area contributed by atoms with Gasteiger partial charge in [-0.15, -0.1) is 0 Å². The van der Waals surface area contributed by atoms with Gasteiger partial charge in [-0.1, -0.05) is 0 Å². The fourth-order valence-electron chi connectivity index (χ4n) is 1.82. The van der Waals surface area contributed by atoms with Crippen LogP contribution in [0.3, 0.4) is 0 Å². The average molecular weight is 318 g/mol. The zero-order chi connectivity index (χ0) is 13.4. The van der Waals surface area contributed by atoms with Crippen LogP contribution < -0.4 is 10.3 Å². The summed E-state index contributed by atoms with van der Waals surface area (Å²) >= 11 is 3.29. The fraction of sp³-hybridized carbons (Fsp3) is 0.250. The number of hydrogen-bond acceptors (Lipinski definition) is 2. The van der Waals surface area contributed by atoms with Crippen molar-refractivity contribution >= 4 is 26.8 Å². The van der Waals surface area contributed by atoms with Crippen LogP contribution in [0.1, 0.15) is 5.56 Å². The number of ether oxygens (including phenoxy) is 1. The van der Waals surface area contributed by atoms with Crippen LogP contribution in [0.25, 0.3) is 10.9 Å². The maximum absolute atomic E-state index is 12.2. The van der Waals surface area contributed by atoms with E-state index in [1.807, 2.05) is 0 Å². The van der Waals surface area contributed by atoms with Gasteiger partial charge < -0.3 is 9.30 Å². The first-order chi connectivity index (χ1) is 8.40. The number of pyridine rings is 1. The van der Waals surface area contributed by atoms with Crippen LogP contribution in [-0.2, 0) is 7.05 Å². The number of hydrogen-bond donors (Lipinski definition) is 0. The van der Waals surface area contributed by atoms with E-state index in [9.17, 15) is 13.6 Å². The summed E-state index contributed by atoms with van der Waals surface area (Å²) in [6.07, 6.45) is 0. The van der Waals surface area contributed by atoms with Crippen LogP contribution >= 0.6 is 15.9 Å². The molecule has 0 radical (unpaired) electrons. The SMILES string of the molecule is Cc1cc2c(Br)cc(OC(F)F)cc2n(C)c1=O. The highest BCUT2D eigenvalue weighted by Gasteiger charge is 2.11. The Hall–Kier alpha value is -1.43. The molecule has 0 aliphatic heterocycles. The number of alkyl halides is 2. The topological polar surface area (TPSA) is 31.2 Å². The van der Waals surface area contributed by atoms with E-state index in [0.717, 1.165) is 5.39 Å². The maximum Gasteiger partial charge on any atom is 0.387 e. The van der Waals surface area contributed by atoms with E-state index in [1.54, 1.807) is 20.0 Å². The zero-order valence-corrected chi connectivity index (χ0v) is 11.3. The van der Waals surface area contributed by atoms with Gasteiger partial charge in [0.15, 0.2) is 0 Å². The number of halogens is 3. The van der Waals surface area contributed by atoms with Crippen molar-refractivity contribution in [2.75, 3.05) is 0 Å². The lowest BCUT2D eigenvalue weighted by molar-refractivity contribution is -0.0498. The number of benzene rings is 1. The molecule has 0 aliphatic rings. The molecule has 1 aromatic carbocycles. The number of aromatic nitrogens is 1. The van der Waals surface area contributed by atoms with E-state index in [0.29, 0.717) is 15.6 Å². The second kappa shape index (κ2) is 4.68. The van der Waals surface area contributed by atoms with Gasteiger partial charge in [0.1, 0.15) is 5.75 Å². The zero-order valence-electron chi connectivity index (χ0n) is 9.71. The highest BCUT2D eigenvalue weighted by atomic mass is 79.9. The molecule has 0 N–H and O–H groups in total. The Morgan fingerprint density at radius 2 is 2.00 bits per heavy atom. The molecule has 0 bridgehead atoms. The van der Waals surface area contributed by atoms with Crippen molar-refractivity contribution in [1.82, 2.24) is 4.57 Å². The smallest absolute Gasteiger partial charge is 0.387 e. The summed E-state index contributed by atoms with van der Waals surface area (Å²) in [5.41, 5.74) is 0.965. The molecule has 1 aromatic heterocycles. The Morgan fingerprint density at radius 1 is 1.33 bits per heavy atom. The van der Waals surface area contributed by atoms with Crippen molar-refractivity contribution in [1.29, 1.82) is 0 Å². The lowest BCUT2D eigenvalue weighted by Crippen LogP contribution is -2.19. The number of nitrogens with zero attached hydrogens (tertiary/aromatic N) is 1. The monoisotopic (exact) mass is 317 g/mol. The Morgan fingerprint density at radius 3 is 2.61 bits per heavy atom. The van der Waals surface area contributed by atoms with Gasteiger partial charge in [-0.05, 0) is 35.0 Å². The van der Waals surface area contributed by atoms with Gasteiger partial charge in [0.25, 0.3) is 5.56 Å². The molecular formula is C12H10BrF2NO2. The number of aryl methyl sites for hydroxylation is 2. The highest BCUT2D eigenvalue weighted by Crippen LogP contribution is 2.29. The molecule has 0 amide bonds. The molecule has 0 fully saturated rings. The minimum Gasteiger partial charge on any atom is -0.435 e. The second-order valence-electron chi connectivity index (χ2n) is 3.91. The average Bonchev–Trinajstić information content (AvgIpc) is 2.27. The summed E-state index contributed by atoms with van der Waals surface area (Å²) in [5.74, 6) is 0.0169. The predicted molar refractivity (Wildman–Crippen MR) is 68.3 cm³/mol. The minimum absolute atomic E-state index is 0.0169. The lowest BCUT2D eigenvalue weighted by Gasteiger charge is -2.11. The van der Waals surface area contributed by atoms with Gasteiger partial charge in [0.05, 0.1) is 5.52 Å². The van der Waals surface area contributed by atoms with E-state index >= 15 is 0 Å². The summed E-state index contributed by atoms with van der Waals surface area (Å²) in [6.45, 7) is -1.19. The maximum atomic E-state index is 12.2. The fourth-order valence-corrected chi connectivity index (χ4v) is 2.37. The van der Waals surface area contributed by atoms with Crippen molar-refractivity contribution in [3.63, 3.8) is 0 Å². The van der Waals surface area contributed by atoms with Gasteiger partial charge >= 0.3 is 6.61 Å². The Bertz CT molecular complexity index is 667. The molecule has 0 unspecified atom stereocenters. The van der Waals surface area contributed by atoms with E-state index in [1.165, 1.54) is 16.7 Å². The first kappa shape index (κ1) is 13.0. The van der Waals surface area contributed by atoms with Gasteiger partial charge in [-0.25, -0.2) is 0 Å². The standard InChI is InChI=1S/C12H10BrF2NO2/c1-6-3-8-9(13)4-7(18-12(14)15)5-10(8)16(2)11(6)17/h3-5,12H,1-2H3. The van der Waals surface area contributed by atoms with Crippen LogP contribution in [0.4, 0.5) is 8.78 Å². The molecule has 0 aliphatic carbocycles. The molecular weight excluding hydrogens is 308 g/mol. The van der Waals surface area contributed by atoms with Crippen molar-refractivity contribution < 1.29 is 13.5 Å². The summed E-state index contributed by atoms with van der Waals surface area (Å²) in [7, 11) is 1.59. The van der Waals surface area contributed by atoms with Gasteiger partial charge in [-0.3, -0.25) is 4.79 Å². The summed E-state index contributed by atoms with van der Waals surface area (Å²) < 4.78 is 30.7. The molecule has 0 atom stereocenters. The number of fused-ring (bicyclic) bond motifs is 1. The van der Waals surface area contributed by atoms with E-state index in [-0.39, 0.29) is 11.3 Å². The van der Waals surface area contributed by atoms with Crippen LogP contribution in [0.2, 0.25) is 0 Å². The molecule has 2 rings (SSSR count). The molecule has 1 heterocycles. The van der Waals surface area contributed by atoms with Crippen molar-refractivity contribution in [2.24, 2.45) is 7.05 Å². The van der Waals surface area contributed by atoms with Crippen molar-refractivity contribution in [3.05, 3.63) is 38.6 Å². The van der Waals surface area contributed by atoms with Crippen LogP contribution in [0, 0.1) is 6.92 Å². The van der Waals surface area contributed by atoms with Gasteiger partial charge in [0, 0.05) is 28.5 Å². The largest absolute Gasteiger partial charge is 0.435 e. The summed E-state index contributed by atoms with van der Waals surface area (Å²) in [6, 6.07) is 4.60. The van der Waals surface area contributed by atoms with Crippen molar-refractivity contribution in [2.45, 2.75) is 13.5 Å². The Kier molecular flexibility index (Phi) is 3.38. The van der Waals surface area contributed by atoms with Crippen LogP contribution in [0.15, 0.2) is 27.5 Å². The van der Waals surface area contributed by atoms with Gasteiger partial charge in [-0.2, -0.15) is 8.78 Å². The molecule has 96 valence electrons. The predicted octanol–water partition coefficient (Wildman–Crippen LogP) is 3.21. The third-order valence-corrected chi connectivity index (χ3v) is 3.33. The van der Waals surface area contributed by atoms with Crippen LogP contribution in [0.5, 0.6) is 5.75 Å². The molecule has 3 nitrogen and oxygen atoms in total. The highest BCUT2D eigenvalue weighted by molar-refractivity contribution is 9.10. The quantitative estimate of drug-likeness (QED) is 0.851. The summed E-state index contributed by atoms with van der Waals surface area (Å²) in [5, 5.41) is 0.774. The molecule has 0 saturated heterocycles. The molecule has 18 heavy (non-hydrogen) atoms. The minimum atomic E-state index is -2.89. The van der Waals surface area contributed by atoms with E-state index in [2.05, 4.69) is 20.7 Å². The molecule has 0 saturated carbocycles. The first-order valence-corrected chi connectivity index (χ1v) is 5.94. The molecule has 2 aromatic rings. The third-order valence-electron chi connectivity index (χ3n) is 2.67. The number of rotatable bonds is 2. The normalized spacial score (nSPS) is 11.2. The molecule has 6 heteroatoms. The van der Waals surface area contributed by atoms with Gasteiger partial charge in [0.2, 0.25) is 0 Å². The Labute approximate surface area is 110 Å².